The molecule has 0 unspecified atom stereocenters. The van der Waals surface area contributed by atoms with Crippen molar-refractivity contribution in [3.8, 4) is 0 Å². The molecule has 9 nitrogen and oxygen atoms in total. The number of rotatable bonds is 8. The average Bonchev–Trinajstić information content (AvgIpc) is 3.11. The number of aromatic nitrogens is 1. The zero-order valence-electron chi connectivity index (χ0n) is 16.3. The zero-order valence-corrected chi connectivity index (χ0v) is 19.4. The number of sulfonamides is 1. The van der Waals surface area contributed by atoms with Crippen molar-refractivity contribution in [1.29, 1.82) is 0 Å². The minimum absolute atomic E-state index is 0. The molecule has 0 amide bonds. The number of nitrogens with one attached hydrogen (secondary N) is 1. The van der Waals surface area contributed by atoms with E-state index in [0.717, 1.165) is 50.8 Å². The van der Waals surface area contributed by atoms with Crippen LogP contribution in [0, 0.1) is 0 Å². The van der Waals surface area contributed by atoms with Crippen molar-refractivity contribution in [2.24, 2.45) is 4.99 Å². The van der Waals surface area contributed by atoms with Gasteiger partial charge in [-0.1, -0.05) is 12.1 Å². The lowest BCUT2D eigenvalue weighted by Gasteiger charge is -2.36. The first-order chi connectivity index (χ1) is 12.4. The molecule has 156 valence electrons. The molecule has 27 heavy (non-hydrogen) atoms. The standard InChI is InChI=1S/C16H30N6O3S.HI/c1-4-22(26(3,23)24)8-5-7-18-16(17-2)21-11-9-20(10-12-21)14-15-6-13-25-19-15;/h6,13H,4-5,7-12,14H2,1-3H3,(H,17,18);1H. The van der Waals surface area contributed by atoms with Gasteiger partial charge in [0.2, 0.25) is 10.0 Å². The van der Waals surface area contributed by atoms with Gasteiger partial charge >= 0.3 is 0 Å². The van der Waals surface area contributed by atoms with Crippen LogP contribution in [0.1, 0.15) is 19.0 Å². The molecule has 2 heterocycles. The Morgan fingerprint density at radius 3 is 2.59 bits per heavy atom. The fraction of sp³-hybridized carbons (Fsp3) is 0.750. The molecule has 0 atom stereocenters. The lowest BCUT2D eigenvalue weighted by atomic mass is 10.3. The Morgan fingerprint density at radius 2 is 2.07 bits per heavy atom. The number of guanidine groups is 1. The van der Waals surface area contributed by atoms with Crippen molar-refractivity contribution in [2.45, 2.75) is 19.9 Å². The van der Waals surface area contributed by atoms with Crippen molar-refractivity contribution in [3.05, 3.63) is 18.0 Å². The molecule has 0 bridgehead atoms. The highest BCUT2D eigenvalue weighted by Gasteiger charge is 2.20. The molecule has 0 saturated carbocycles. The summed E-state index contributed by atoms with van der Waals surface area (Å²) in [6.45, 7) is 8.02. The summed E-state index contributed by atoms with van der Waals surface area (Å²) in [5, 5.41) is 7.29. The van der Waals surface area contributed by atoms with Crippen molar-refractivity contribution >= 4 is 40.0 Å². The Kier molecular flexibility index (Phi) is 10.6. The first-order valence-corrected chi connectivity index (χ1v) is 10.8. The third-order valence-electron chi connectivity index (χ3n) is 4.45. The topological polar surface area (TPSA) is 94.3 Å². The largest absolute Gasteiger partial charge is 0.364 e. The second-order valence-corrected chi connectivity index (χ2v) is 8.32. The Hall–Kier alpha value is -0.920. The van der Waals surface area contributed by atoms with Crippen LogP contribution < -0.4 is 5.32 Å². The molecule has 1 N–H and O–H groups in total. The summed E-state index contributed by atoms with van der Waals surface area (Å²) >= 11 is 0. The molecule has 11 heteroatoms. The van der Waals surface area contributed by atoms with Crippen molar-refractivity contribution in [1.82, 2.24) is 24.6 Å². The Morgan fingerprint density at radius 1 is 1.37 bits per heavy atom. The van der Waals surface area contributed by atoms with Crippen LogP contribution in [0.3, 0.4) is 0 Å². The first kappa shape index (κ1) is 24.1. The van der Waals surface area contributed by atoms with E-state index < -0.39 is 10.0 Å². The quantitative estimate of drug-likeness (QED) is 0.236. The van der Waals surface area contributed by atoms with E-state index in [1.807, 2.05) is 13.0 Å². The molecule has 1 aromatic rings. The van der Waals surface area contributed by atoms with E-state index in [4.69, 9.17) is 4.52 Å². The van der Waals surface area contributed by atoms with Gasteiger partial charge < -0.3 is 14.7 Å². The molecular formula is C16H31IN6O3S. The van der Waals surface area contributed by atoms with Crippen LogP contribution in [0.4, 0.5) is 0 Å². The van der Waals surface area contributed by atoms with Gasteiger partial charge in [-0.25, -0.2) is 12.7 Å². The van der Waals surface area contributed by atoms with Gasteiger partial charge in [0.05, 0.1) is 11.9 Å². The van der Waals surface area contributed by atoms with Gasteiger partial charge in [-0.15, -0.1) is 24.0 Å². The van der Waals surface area contributed by atoms with Gasteiger partial charge in [-0.05, 0) is 6.42 Å². The van der Waals surface area contributed by atoms with Crippen LogP contribution in [0.25, 0.3) is 0 Å². The molecule has 1 fully saturated rings. The fourth-order valence-corrected chi connectivity index (χ4v) is 3.94. The second-order valence-electron chi connectivity index (χ2n) is 6.34. The van der Waals surface area contributed by atoms with E-state index >= 15 is 0 Å². The molecule has 2 rings (SSSR count). The SMILES string of the molecule is CCN(CCCNC(=NC)N1CCN(Cc2ccon2)CC1)S(C)(=O)=O.I. The summed E-state index contributed by atoms with van der Waals surface area (Å²) in [6, 6.07) is 1.89. The molecule has 1 aliphatic rings. The number of hydrogen-bond acceptors (Lipinski definition) is 6. The van der Waals surface area contributed by atoms with E-state index in [2.05, 4.69) is 25.3 Å². The highest BCUT2D eigenvalue weighted by Crippen LogP contribution is 2.07. The van der Waals surface area contributed by atoms with E-state index in [-0.39, 0.29) is 24.0 Å². The van der Waals surface area contributed by atoms with E-state index in [1.165, 1.54) is 10.6 Å². The molecule has 1 saturated heterocycles. The van der Waals surface area contributed by atoms with Crippen LogP contribution in [-0.4, -0.2) is 92.8 Å². The maximum absolute atomic E-state index is 11.6. The van der Waals surface area contributed by atoms with Gasteiger partial charge in [-0.2, -0.15) is 0 Å². The Bertz CT molecular complexity index is 660. The smallest absolute Gasteiger partial charge is 0.211 e. The molecule has 1 aromatic heterocycles. The molecule has 0 spiro atoms. The van der Waals surface area contributed by atoms with Crippen molar-refractivity contribution in [3.63, 3.8) is 0 Å². The van der Waals surface area contributed by atoms with Gasteiger partial charge in [0, 0.05) is 65.5 Å². The van der Waals surface area contributed by atoms with E-state index in [9.17, 15) is 8.42 Å². The molecule has 0 aromatic carbocycles. The van der Waals surface area contributed by atoms with E-state index in [0.29, 0.717) is 19.6 Å². The summed E-state index contributed by atoms with van der Waals surface area (Å²) in [7, 11) is -1.35. The molecule has 0 aliphatic carbocycles. The summed E-state index contributed by atoms with van der Waals surface area (Å²) in [5.74, 6) is 0.869. The minimum atomic E-state index is -3.12. The second kappa shape index (κ2) is 11.8. The van der Waals surface area contributed by atoms with Gasteiger partial charge in [0.15, 0.2) is 5.96 Å². The summed E-state index contributed by atoms with van der Waals surface area (Å²) in [5.41, 5.74) is 0.951. The lowest BCUT2D eigenvalue weighted by molar-refractivity contribution is 0.169. The third kappa shape index (κ3) is 7.92. The van der Waals surface area contributed by atoms with Crippen LogP contribution >= 0.6 is 24.0 Å². The molecular weight excluding hydrogens is 483 g/mol. The van der Waals surface area contributed by atoms with E-state index in [1.54, 1.807) is 13.3 Å². The normalized spacial score (nSPS) is 16.4. The maximum atomic E-state index is 11.6. The highest BCUT2D eigenvalue weighted by molar-refractivity contribution is 14.0. The number of halogens is 1. The Balaban J connectivity index is 0.00000364. The van der Waals surface area contributed by atoms with Crippen LogP contribution in [0.15, 0.2) is 21.8 Å². The number of piperazine rings is 1. The average molecular weight is 514 g/mol. The van der Waals surface area contributed by atoms with Crippen LogP contribution in [-0.2, 0) is 16.6 Å². The number of hydrogen-bond donors (Lipinski definition) is 1. The summed E-state index contributed by atoms with van der Waals surface area (Å²) in [4.78, 5) is 8.92. The third-order valence-corrected chi connectivity index (χ3v) is 5.83. The van der Waals surface area contributed by atoms with Gasteiger partial charge in [-0.3, -0.25) is 9.89 Å². The summed E-state index contributed by atoms with van der Waals surface area (Å²) < 4.78 is 29.6. The van der Waals surface area contributed by atoms with Crippen LogP contribution in [0.5, 0.6) is 0 Å². The van der Waals surface area contributed by atoms with Gasteiger partial charge in [0.1, 0.15) is 6.26 Å². The predicted octanol–water partition coefficient (Wildman–Crippen LogP) is 0.657. The monoisotopic (exact) mass is 514 g/mol. The van der Waals surface area contributed by atoms with Crippen molar-refractivity contribution in [2.75, 3.05) is 59.1 Å². The lowest BCUT2D eigenvalue weighted by Crippen LogP contribution is -2.52. The zero-order chi connectivity index (χ0) is 19.0. The number of nitrogens with zero attached hydrogens (tertiary/aromatic N) is 5. The van der Waals surface area contributed by atoms with Gasteiger partial charge in [0.25, 0.3) is 0 Å². The number of aliphatic imine (C=N–C) groups is 1. The first-order valence-electron chi connectivity index (χ1n) is 8.96. The molecule has 0 radical (unpaired) electrons. The van der Waals surface area contributed by atoms with Crippen LogP contribution in [0.2, 0.25) is 0 Å². The summed E-state index contributed by atoms with van der Waals surface area (Å²) in [6.07, 6.45) is 3.59. The maximum Gasteiger partial charge on any atom is 0.211 e. The fourth-order valence-electron chi connectivity index (χ4n) is 3.01. The highest BCUT2D eigenvalue weighted by atomic mass is 127. The molecule has 1 aliphatic heterocycles. The van der Waals surface area contributed by atoms with Crippen molar-refractivity contribution < 1.29 is 12.9 Å². The minimum Gasteiger partial charge on any atom is -0.364 e. The Labute approximate surface area is 179 Å². The predicted molar refractivity (Wildman–Crippen MR) is 117 cm³/mol.